The number of carbonyl (C=O) groups is 1. The van der Waals surface area contributed by atoms with E-state index in [-0.39, 0.29) is 34.6 Å². The van der Waals surface area contributed by atoms with Gasteiger partial charge in [0.2, 0.25) is 11.8 Å². The van der Waals surface area contributed by atoms with E-state index < -0.39 is 5.91 Å². The highest BCUT2D eigenvalue weighted by Gasteiger charge is 2.22. The van der Waals surface area contributed by atoms with Crippen molar-refractivity contribution >= 4 is 22.9 Å². The van der Waals surface area contributed by atoms with Crippen molar-refractivity contribution in [1.29, 1.82) is 0 Å². The number of ether oxygens (including phenoxy) is 4. The first-order valence-corrected chi connectivity index (χ1v) is 13.3. The van der Waals surface area contributed by atoms with Crippen LogP contribution >= 0.6 is 11.3 Å². The number of carbonyl (C=O) groups excluding carboxylic acids is 1. The third-order valence-corrected chi connectivity index (χ3v) is 6.24. The average molecular weight is 544 g/mol. The van der Waals surface area contributed by atoms with Crippen molar-refractivity contribution in [3.63, 3.8) is 0 Å². The number of amides is 1. The van der Waals surface area contributed by atoms with E-state index in [1.165, 1.54) is 25.6 Å². The molecule has 0 radical (unpaired) electrons. The lowest BCUT2D eigenvalue weighted by molar-refractivity contribution is 0.102. The summed E-state index contributed by atoms with van der Waals surface area (Å²) in [6.07, 6.45) is 0.777. The molecular weight excluding hydrogens is 506 g/mol. The van der Waals surface area contributed by atoms with E-state index in [2.05, 4.69) is 66.3 Å². The van der Waals surface area contributed by atoms with Gasteiger partial charge in [0.25, 0.3) is 11.1 Å². The third kappa shape index (κ3) is 7.78. The Morgan fingerprint density at radius 1 is 1.08 bits per heavy atom. The summed E-state index contributed by atoms with van der Waals surface area (Å²) in [4.78, 5) is 25.9. The van der Waals surface area contributed by atoms with Crippen LogP contribution in [0.4, 0.5) is 5.69 Å². The van der Waals surface area contributed by atoms with Crippen molar-refractivity contribution in [1.82, 2.24) is 20.3 Å². The van der Waals surface area contributed by atoms with E-state index in [1.54, 1.807) is 5.38 Å². The maximum absolute atomic E-state index is 13.0. The predicted molar refractivity (Wildman–Crippen MR) is 148 cm³/mol. The summed E-state index contributed by atoms with van der Waals surface area (Å²) < 4.78 is 22.4. The van der Waals surface area contributed by atoms with Crippen LogP contribution in [0.5, 0.6) is 28.7 Å². The second-order valence-corrected chi connectivity index (χ2v) is 10.8. The first-order chi connectivity index (χ1) is 18.0. The van der Waals surface area contributed by atoms with Gasteiger partial charge in [0.05, 0.1) is 20.8 Å². The standard InChI is InChI=1S/C27H37N5O5S/c1-16(2)28-12-9-13-36-25-31-23(34-7)21(24(32-25)35-8)30-22(33)19-15-38-26(29-19)37-20-14-18(27(4,5)6)11-10-17(20)3/h10-11,14-16,28H,9,12-13H2,1-8H3,(H,30,33). The normalized spacial score (nSPS) is 11.4. The number of aryl methyl sites for hydroxylation is 1. The van der Waals surface area contributed by atoms with Gasteiger partial charge in [-0.3, -0.25) is 4.79 Å². The average Bonchev–Trinajstić information content (AvgIpc) is 3.33. The Morgan fingerprint density at radius 3 is 2.37 bits per heavy atom. The first-order valence-electron chi connectivity index (χ1n) is 12.4. The molecule has 2 heterocycles. The molecule has 0 atom stereocenters. The summed E-state index contributed by atoms with van der Waals surface area (Å²) >= 11 is 1.23. The summed E-state index contributed by atoms with van der Waals surface area (Å²) in [6, 6.07) is 6.61. The smallest absolute Gasteiger partial charge is 0.323 e. The van der Waals surface area contributed by atoms with Crippen molar-refractivity contribution in [3.05, 3.63) is 40.4 Å². The van der Waals surface area contributed by atoms with Gasteiger partial charge in [0, 0.05) is 11.4 Å². The lowest BCUT2D eigenvalue weighted by Gasteiger charge is -2.20. The molecule has 0 bridgehead atoms. The molecule has 38 heavy (non-hydrogen) atoms. The van der Waals surface area contributed by atoms with E-state index >= 15 is 0 Å². The number of thiazole rings is 1. The van der Waals surface area contributed by atoms with Crippen LogP contribution in [0, 0.1) is 6.92 Å². The number of rotatable bonds is 12. The van der Waals surface area contributed by atoms with Gasteiger partial charge in [-0.1, -0.05) is 58.1 Å². The maximum atomic E-state index is 13.0. The van der Waals surface area contributed by atoms with Crippen molar-refractivity contribution in [3.8, 4) is 28.7 Å². The molecule has 11 heteroatoms. The minimum atomic E-state index is -0.482. The van der Waals surface area contributed by atoms with E-state index in [4.69, 9.17) is 18.9 Å². The van der Waals surface area contributed by atoms with Crippen LogP contribution < -0.4 is 29.6 Å². The van der Waals surface area contributed by atoms with Crippen molar-refractivity contribution in [2.24, 2.45) is 0 Å². The maximum Gasteiger partial charge on any atom is 0.323 e. The fourth-order valence-corrected chi connectivity index (χ4v) is 4.01. The molecule has 0 unspecified atom stereocenters. The molecule has 10 nitrogen and oxygen atoms in total. The van der Waals surface area contributed by atoms with Crippen molar-refractivity contribution in [2.75, 3.05) is 32.7 Å². The van der Waals surface area contributed by atoms with Gasteiger partial charge in [-0.2, -0.15) is 15.0 Å². The molecule has 1 amide bonds. The number of nitrogens with zero attached hydrogens (tertiary/aromatic N) is 3. The Hall–Kier alpha value is -3.44. The van der Waals surface area contributed by atoms with Crippen LogP contribution in [0.3, 0.4) is 0 Å². The van der Waals surface area contributed by atoms with Crippen LogP contribution in [0.15, 0.2) is 23.6 Å². The highest BCUT2D eigenvalue weighted by Crippen LogP contribution is 2.35. The van der Waals surface area contributed by atoms with E-state index in [1.807, 2.05) is 19.1 Å². The topological polar surface area (TPSA) is 117 Å². The summed E-state index contributed by atoms with van der Waals surface area (Å²) in [5.41, 5.74) is 2.45. The third-order valence-electron chi connectivity index (χ3n) is 5.52. The first kappa shape index (κ1) is 29.1. The van der Waals surface area contributed by atoms with Crippen LogP contribution in [0.25, 0.3) is 0 Å². The van der Waals surface area contributed by atoms with Gasteiger partial charge in [0.15, 0.2) is 5.69 Å². The zero-order chi connectivity index (χ0) is 27.9. The van der Waals surface area contributed by atoms with E-state index in [9.17, 15) is 4.79 Å². The molecule has 0 spiro atoms. The second kappa shape index (κ2) is 12.9. The Bertz CT molecular complexity index is 1210. The Kier molecular flexibility index (Phi) is 9.87. The Balaban J connectivity index is 1.72. The van der Waals surface area contributed by atoms with E-state index in [0.717, 1.165) is 24.1 Å². The van der Waals surface area contributed by atoms with Gasteiger partial charge in [0.1, 0.15) is 11.4 Å². The van der Waals surface area contributed by atoms with Gasteiger partial charge >= 0.3 is 6.01 Å². The van der Waals surface area contributed by atoms with Crippen LogP contribution in [0.1, 0.15) is 62.7 Å². The summed E-state index contributed by atoms with van der Waals surface area (Å²) in [7, 11) is 2.88. The molecule has 3 rings (SSSR count). The molecular formula is C27H37N5O5S. The fraction of sp³-hybridized carbons (Fsp3) is 0.481. The largest absolute Gasteiger partial charge is 0.479 e. The molecule has 0 aliphatic heterocycles. The van der Waals surface area contributed by atoms with Crippen molar-refractivity contribution < 1.29 is 23.7 Å². The van der Waals surface area contributed by atoms with Gasteiger partial charge < -0.3 is 29.6 Å². The van der Waals surface area contributed by atoms with Gasteiger partial charge in [-0.05, 0) is 42.5 Å². The summed E-state index contributed by atoms with van der Waals surface area (Å²) in [6.45, 7) is 13.8. The van der Waals surface area contributed by atoms with Crippen LogP contribution in [-0.2, 0) is 5.41 Å². The second-order valence-electron chi connectivity index (χ2n) is 10.00. The monoisotopic (exact) mass is 543 g/mol. The Labute approximate surface area is 228 Å². The predicted octanol–water partition coefficient (Wildman–Crippen LogP) is 5.37. The number of aromatic nitrogens is 3. The number of methoxy groups -OCH3 is 2. The summed E-state index contributed by atoms with van der Waals surface area (Å²) in [5.74, 6) is 0.444. The molecule has 2 aromatic heterocycles. The zero-order valence-electron chi connectivity index (χ0n) is 23.3. The molecule has 0 saturated heterocycles. The number of hydrogen-bond donors (Lipinski definition) is 2. The SMILES string of the molecule is COc1nc(OCCCNC(C)C)nc(OC)c1NC(=O)c1csc(Oc2cc(C(C)(C)C)ccc2C)n1. The van der Waals surface area contributed by atoms with Gasteiger partial charge in [-0.25, -0.2) is 0 Å². The van der Waals surface area contributed by atoms with Crippen molar-refractivity contribution in [2.45, 2.75) is 59.4 Å². The quantitative estimate of drug-likeness (QED) is 0.291. The molecule has 2 N–H and O–H groups in total. The highest BCUT2D eigenvalue weighted by molar-refractivity contribution is 7.11. The number of hydrogen-bond acceptors (Lipinski definition) is 10. The minimum Gasteiger partial charge on any atom is -0.479 e. The van der Waals surface area contributed by atoms with Gasteiger partial charge in [-0.15, -0.1) is 0 Å². The highest BCUT2D eigenvalue weighted by atomic mass is 32.1. The molecule has 0 fully saturated rings. The summed E-state index contributed by atoms with van der Waals surface area (Å²) in [5, 5.41) is 8.04. The van der Waals surface area contributed by atoms with Crippen LogP contribution in [-0.4, -0.2) is 54.3 Å². The van der Waals surface area contributed by atoms with Crippen LogP contribution in [0.2, 0.25) is 0 Å². The number of nitrogens with one attached hydrogen (secondary N) is 2. The lowest BCUT2D eigenvalue weighted by atomic mass is 9.86. The number of anilines is 1. The Morgan fingerprint density at radius 2 is 1.76 bits per heavy atom. The van der Waals surface area contributed by atoms with E-state index in [0.29, 0.717) is 23.6 Å². The molecule has 0 aliphatic carbocycles. The minimum absolute atomic E-state index is 0.0223. The molecule has 0 aliphatic rings. The molecule has 206 valence electrons. The lowest BCUT2D eigenvalue weighted by Crippen LogP contribution is -2.25. The molecule has 1 aromatic carbocycles. The number of benzene rings is 1. The molecule has 3 aromatic rings. The zero-order valence-corrected chi connectivity index (χ0v) is 24.1. The molecule has 0 saturated carbocycles. The fourth-order valence-electron chi connectivity index (χ4n) is 3.35.